The Morgan fingerprint density at radius 2 is 1.85 bits per heavy atom. The quantitative estimate of drug-likeness (QED) is 0.501. The van der Waals surface area contributed by atoms with E-state index in [1.807, 2.05) is 50.6 Å². The predicted molar refractivity (Wildman–Crippen MR) is 126 cm³/mol. The number of rotatable bonds is 4. The summed E-state index contributed by atoms with van der Waals surface area (Å²) in [5.41, 5.74) is 10.3. The first kappa shape index (κ1) is 20.2. The Balaban J connectivity index is 1.29. The molecule has 0 bridgehead atoms. The maximum Gasteiger partial charge on any atom is 0.272 e. The monoisotopic (exact) mass is 444 g/mol. The molecule has 1 saturated heterocycles. The Labute approximate surface area is 191 Å². The highest BCUT2D eigenvalue weighted by atomic mass is 16.2. The lowest BCUT2D eigenvalue weighted by molar-refractivity contribution is 0.0786. The molecule has 1 saturated carbocycles. The number of fused-ring (bicyclic) bond motifs is 2. The number of nitrogens with one attached hydrogen (secondary N) is 1. The number of hydrogen-bond donors (Lipinski definition) is 2. The third-order valence-electron chi connectivity index (χ3n) is 6.95. The summed E-state index contributed by atoms with van der Waals surface area (Å²) >= 11 is 0. The van der Waals surface area contributed by atoms with E-state index >= 15 is 0 Å². The zero-order valence-electron chi connectivity index (χ0n) is 18.5. The van der Waals surface area contributed by atoms with Gasteiger partial charge < -0.3 is 16.0 Å². The highest BCUT2D eigenvalue weighted by molar-refractivity contribution is 5.93. The number of amides is 1. The first-order valence-electron chi connectivity index (χ1n) is 11.8. The lowest BCUT2D eigenvalue weighted by Gasteiger charge is -2.26. The molecule has 0 radical (unpaired) electrons. The van der Waals surface area contributed by atoms with Gasteiger partial charge in [0, 0.05) is 48.7 Å². The van der Waals surface area contributed by atoms with Gasteiger partial charge in [0.05, 0.1) is 17.9 Å². The molecule has 2 fully saturated rings. The van der Waals surface area contributed by atoms with Crippen molar-refractivity contribution >= 4 is 23.0 Å². The van der Waals surface area contributed by atoms with Gasteiger partial charge in [-0.05, 0) is 56.7 Å². The first-order valence-corrected chi connectivity index (χ1v) is 11.8. The number of nitrogens with two attached hydrogens (primary N) is 1. The molecular weight excluding hydrogens is 416 g/mol. The van der Waals surface area contributed by atoms with Gasteiger partial charge in [-0.2, -0.15) is 0 Å². The summed E-state index contributed by atoms with van der Waals surface area (Å²) < 4.78 is 3.75. The van der Waals surface area contributed by atoms with Crippen LogP contribution >= 0.6 is 0 Å². The van der Waals surface area contributed by atoms with Gasteiger partial charge in [-0.1, -0.05) is 0 Å². The third kappa shape index (κ3) is 3.72. The number of pyridine rings is 1. The maximum absolute atomic E-state index is 13.0. The van der Waals surface area contributed by atoms with E-state index in [4.69, 9.17) is 5.73 Å². The Morgan fingerprint density at radius 1 is 1.03 bits per heavy atom. The molecule has 0 unspecified atom stereocenters. The minimum atomic E-state index is 0.0432. The standard InChI is InChI=1S/C24H28N8O/c25-17-4-6-18(7-5-17)28-24-27-13-20-19(9-12-32(20)29-24)16-3-8-22-26-14-21(31(22)15-16)23(33)30-10-1-2-11-30/h3,8-9,12-15,17-18H,1-2,4-7,10-11,25H2,(H,28,29). The van der Waals surface area contributed by atoms with E-state index in [2.05, 4.69) is 20.4 Å². The molecule has 4 aromatic heterocycles. The zero-order valence-corrected chi connectivity index (χ0v) is 18.5. The van der Waals surface area contributed by atoms with Crippen molar-refractivity contribution in [2.45, 2.75) is 50.6 Å². The normalized spacial score (nSPS) is 21.2. The Kier molecular flexibility index (Phi) is 4.98. The van der Waals surface area contributed by atoms with Crippen molar-refractivity contribution in [3.05, 3.63) is 48.7 Å². The van der Waals surface area contributed by atoms with Crippen LogP contribution in [0, 0.1) is 0 Å². The van der Waals surface area contributed by atoms with E-state index in [1.165, 1.54) is 0 Å². The molecule has 2 aliphatic rings. The van der Waals surface area contributed by atoms with Gasteiger partial charge in [-0.15, -0.1) is 5.10 Å². The average Bonchev–Trinajstić information content (AvgIpc) is 3.59. The summed E-state index contributed by atoms with van der Waals surface area (Å²) in [5, 5.41) is 8.12. The lowest BCUT2D eigenvalue weighted by atomic mass is 9.92. The molecule has 6 rings (SSSR count). The molecule has 3 N–H and O–H groups in total. The summed E-state index contributed by atoms with van der Waals surface area (Å²) in [4.78, 5) is 23.9. The van der Waals surface area contributed by atoms with E-state index in [-0.39, 0.29) is 5.91 Å². The fourth-order valence-corrected chi connectivity index (χ4v) is 5.04. The number of carbonyl (C=O) groups excluding carboxylic acids is 1. The minimum absolute atomic E-state index is 0.0432. The summed E-state index contributed by atoms with van der Waals surface area (Å²) in [6.45, 7) is 1.63. The second kappa shape index (κ2) is 8.15. The fourth-order valence-electron chi connectivity index (χ4n) is 5.04. The number of likely N-dealkylation sites (tertiary alicyclic amines) is 1. The fraction of sp³-hybridized carbons (Fsp3) is 0.417. The Hall–Kier alpha value is -3.46. The molecule has 1 aliphatic carbocycles. The Morgan fingerprint density at radius 3 is 2.67 bits per heavy atom. The van der Waals surface area contributed by atoms with Crippen molar-refractivity contribution < 1.29 is 4.79 Å². The van der Waals surface area contributed by atoms with E-state index in [0.29, 0.717) is 23.7 Å². The average molecular weight is 445 g/mol. The van der Waals surface area contributed by atoms with E-state index in [9.17, 15) is 4.79 Å². The molecule has 170 valence electrons. The van der Waals surface area contributed by atoms with Crippen LogP contribution in [-0.4, -0.2) is 60.0 Å². The number of hydrogen-bond acceptors (Lipinski definition) is 6. The molecule has 0 aromatic carbocycles. The number of imidazole rings is 1. The predicted octanol–water partition coefficient (Wildman–Crippen LogP) is 2.96. The van der Waals surface area contributed by atoms with Crippen LogP contribution in [-0.2, 0) is 0 Å². The van der Waals surface area contributed by atoms with Gasteiger partial charge in [0.25, 0.3) is 5.91 Å². The van der Waals surface area contributed by atoms with Crippen LogP contribution < -0.4 is 11.1 Å². The molecule has 1 amide bonds. The van der Waals surface area contributed by atoms with E-state index in [1.54, 1.807) is 6.20 Å². The minimum Gasteiger partial charge on any atom is -0.350 e. The number of carbonyl (C=O) groups is 1. The van der Waals surface area contributed by atoms with E-state index in [0.717, 1.165) is 73.9 Å². The number of nitrogens with zero attached hydrogens (tertiary/aromatic N) is 6. The molecule has 9 nitrogen and oxygen atoms in total. The molecule has 0 atom stereocenters. The number of anilines is 1. The van der Waals surface area contributed by atoms with Crippen LogP contribution in [0.15, 0.2) is 43.0 Å². The van der Waals surface area contributed by atoms with Crippen molar-refractivity contribution in [1.29, 1.82) is 0 Å². The van der Waals surface area contributed by atoms with Crippen LogP contribution in [0.2, 0.25) is 0 Å². The van der Waals surface area contributed by atoms with Crippen LogP contribution in [0.1, 0.15) is 49.0 Å². The molecular formula is C24H28N8O. The molecule has 5 heterocycles. The van der Waals surface area contributed by atoms with Gasteiger partial charge in [0.1, 0.15) is 11.3 Å². The maximum atomic E-state index is 13.0. The van der Waals surface area contributed by atoms with Crippen LogP contribution in [0.4, 0.5) is 5.95 Å². The second-order valence-corrected chi connectivity index (χ2v) is 9.19. The van der Waals surface area contributed by atoms with Crippen LogP contribution in [0.25, 0.3) is 22.3 Å². The van der Waals surface area contributed by atoms with Crippen molar-refractivity contribution in [2.75, 3.05) is 18.4 Å². The third-order valence-corrected chi connectivity index (χ3v) is 6.95. The summed E-state index contributed by atoms with van der Waals surface area (Å²) in [5.74, 6) is 0.676. The zero-order chi connectivity index (χ0) is 22.4. The van der Waals surface area contributed by atoms with Crippen molar-refractivity contribution in [1.82, 2.24) is 28.9 Å². The highest BCUT2D eigenvalue weighted by Gasteiger charge is 2.23. The van der Waals surface area contributed by atoms with E-state index < -0.39 is 0 Å². The smallest absolute Gasteiger partial charge is 0.272 e. The molecule has 4 aromatic rings. The van der Waals surface area contributed by atoms with Gasteiger partial charge in [-0.3, -0.25) is 9.20 Å². The lowest BCUT2D eigenvalue weighted by Crippen LogP contribution is -2.33. The van der Waals surface area contributed by atoms with Crippen LogP contribution in [0.5, 0.6) is 0 Å². The van der Waals surface area contributed by atoms with Gasteiger partial charge in [0.15, 0.2) is 0 Å². The van der Waals surface area contributed by atoms with Crippen molar-refractivity contribution in [2.24, 2.45) is 5.73 Å². The largest absolute Gasteiger partial charge is 0.350 e. The molecule has 9 heteroatoms. The Bertz CT molecular complexity index is 1310. The van der Waals surface area contributed by atoms with Gasteiger partial charge in [-0.25, -0.2) is 14.5 Å². The second-order valence-electron chi connectivity index (χ2n) is 9.19. The van der Waals surface area contributed by atoms with Crippen LogP contribution in [0.3, 0.4) is 0 Å². The van der Waals surface area contributed by atoms with Crippen molar-refractivity contribution in [3.8, 4) is 11.1 Å². The van der Waals surface area contributed by atoms with Gasteiger partial charge in [0.2, 0.25) is 5.95 Å². The molecule has 33 heavy (non-hydrogen) atoms. The van der Waals surface area contributed by atoms with Crippen molar-refractivity contribution in [3.63, 3.8) is 0 Å². The van der Waals surface area contributed by atoms with Gasteiger partial charge >= 0.3 is 0 Å². The first-order chi connectivity index (χ1) is 16.2. The number of aromatic nitrogens is 5. The topological polar surface area (TPSA) is 106 Å². The summed E-state index contributed by atoms with van der Waals surface area (Å²) in [6, 6.07) is 6.70. The molecule has 0 spiro atoms. The molecule has 1 aliphatic heterocycles. The summed E-state index contributed by atoms with van der Waals surface area (Å²) in [7, 11) is 0. The SMILES string of the molecule is NC1CCC(Nc2ncc3c(-c4ccc5ncc(C(=O)N6CCCC6)n5c4)ccn3n2)CC1. The highest BCUT2D eigenvalue weighted by Crippen LogP contribution is 2.27. The summed E-state index contributed by atoms with van der Waals surface area (Å²) in [6.07, 6.45) is 13.8.